The molecular weight excluding hydrogens is 534 g/mol. The zero-order valence-corrected chi connectivity index (χ0v) is 17.4. The molecule has 3 aromatic rings. The minimum atomic E-state index is 1.27. The molecule has 0 heterocycles. The summed E-state index contributed by atoms with van der Waals surface area (Å²) in [4.78, 5) is 5.10. The van der Waals surface area contributed by atoms with Crippen molar-refractivity contribution in [2.75, 3.05) is 0 Å². The Kier molecular flexibility index (Phi) is 6.12. The van der Waals surface area contributed by atoms with Gasteiger partial charge in [0.2, 0.25) is 0 Å². The average Bonchev–Trinajstić information content (AvgIpc) is 2.54. The first kappa shape index (κ1) is 16.7. The van der Waals surface area contributed by atoms with Crippen LogP contribution in [-0.2, 0) is 0 Å². The van der Waals surface area contributed by atoms with Gasteiger partial charge in [-0.15, -0.1) is 0 Å². The third kappa shape index (κ3) is 4.91. The molecule has 0 nitrogen and oxygen atoms in total. The topological polar surface area (TPSA) is 0 Å². The van der Waals surface area contributed by atoms with Crippen molar-refractivity contribution in [1.82, 2.24) is 0 Å². The molecule has 0 saturated carbocycles. The summed E-state index contributed by atoms with van der Waals surface area (Å²) in [5.41, 5.74) is 0. The predicted molar refractivity (Wildman–Crippen MR) is 113 cm³/mol. The van der Waals surface area contributed by atoms with Gasteiger partial charge < -0.3 is 0 Å². The van der Waals surface area contributed by atoms with Gasteiger partial charge in [-0.05, 0) is 118 Å². The Bertz CT molecular complexity index is 669. The maximum atomic E-state index is 2.33. The molecule has 0 atom stereocenters. The summed E-state index contributed by atoms with van der Waals surface area (Å²) >= 11 is 8.26. The highest BCUT2D eigenvalue weighted by molar-refractivity contribution is 14.1. The van der Waals surface area contributed by atoms with Gasteiger partial charge in [-0.1, -0.05) is 23.5 Å². The van der Waals surface area contributed by atoms with E-state index in [-0.39, 0.29) is 0 Å². The normalized spacial score (nSPS) is 10.6. The molecule has 3 rings (SSSR count). The van der Waals surface area contributed by atoms with Gasteiger partial charge in [-0.3, -0.25) is 0 Å². The highest BCUT2D eigenvalue weighted by atomic mass is 127. The van der Waals surface area contributed by atoms with E-state index < -0.39 is 0 Å². The molecule has 0 saturated heterocycles. The minimum Gasteiger partial charge on any atom is -0.0901 e. The molecule has 0 unspecified atom stereocenters. The van der Waals surface area contributed by atoms with Crippen LogP contribution in [0.25, 0.3) is 0 Å². The molecule has 0 N–H and O–H groups in total. The summed E-state index contributed by atoms with van der Waals surface area (Å²) in [6.07, 6.45) is 0. The van der Waals surface area contributed by atoms with E-state index in [9.17, 15) is 0 Å². The molecule has 0 spiro atoms. The Morgan fingerprint density at radius 3 is 0.909 bits per heavy atom. The summed E-state index contributed by atoms with van der Waals surface area (Å²) < 4.78 is 2.54. The van der Waals surface area contributed by atoms with Crippen molar-refractivity contribution in [3.8, 4) is 0 Å². The molecule has 0 fully saturated rings. The molecule has 110 valence electrons. The highest BCUT2D eigenvalue weighted by Crippen LogP contribution is 2.32. The zero-order valence-electron chi connectivity index (χ0n) is 11.5. The Morgan fingerprint density at radius 1 is 0.409 bits per heavy atom. The molecule has 22 heavy (non-hydrogen) atoms. The molecule has 0 amide bonds. The van der Waals surface area contributed by atoms with Crippen molar-refractivity contribution in [3.05, 3.63) is 79.9 Å². The summed E-state index contributed by atoms with van der Waals surface area (Å²) in [5, 5.41) is 0. The fourth-order valence-electron chi connectivity index (χ4n) is 1.85. The maximum Gasteiger partial charge on any atom is 0.0131 e. The Hall–Kier alpha value is -0.180. The van der Waals surface area contributed by atoms with E-state index in [1.165, 1.54) is 26.7 Å². The Morgan fingerprint density at radius 2 is 0.636 bits per heavy atom. The monoisotopic (exact) mass is 546 g/mol. The van der Waals surface area contributed by atoms with Gasteiger partial charge in [0.05, 0.1) is 0 Å². The number of benzene rings is 3. The molecule has 0 aromatic heterocycles. The van der Waals surface area contributed by atoms with Crippen LogP contribution in [0.1, 0.15) is 0 Å². The third-order valence-corrected chi connectivity index (χ3v) is 6.39. The van der Waals surface area contributed by atoms with Crippen LogP contribution >= 0.6 is 68.7 Å². The molecule has 0 radical (unpaired) electrons. The largest absolute Gasteiger partial charge is 0.0901 e. The third-order valence-electron chi connectivity index (χ3n) is 2.92. The van der Waals surface area contributed by atoms with Crippen molar-refractivity contribution < 1.29 is 0 Å². The van der Waals surface area contributed by atoms with Crippen molar-refractivity contribution >= 4 is 68.7 Å². The molecule has 4 heteroatoms. The van der Waals surface area contributed by atoms with Gasteiger partial charge in [0.25, 0.3) is 0 Å². The van der Waals surface area contributed by atoms with Crippen LogP contribution < -0.4 is 0 Å². The summed E-state index contributed by atoms with van der Waals surface area (Å²) in [6.45, 7) is 0. The molecule has 0 aliphatic rings. The van der Waals surface area contributed by atoms with Crippen molar-refractivity contribution in [1.29, 1.82) is 0 Å². The molecule has 0 aliphatic heterocycles. The SMILES string of the molecule is Ic1ccc(Sc2ccc(Sc3ccc(I)cc3)cc2)cc1. The van der Waals surface area contributed by atoms with E-state index in [1.54, 1.807) is 23.5 Å². The van der Waals surface area contributed by atoms with Crippen LogP contribution in [0.5, 0.6) is 0 Å². The van der Waals surface area contributed by atoms with Crippen LogP contribution in [0.2, 0.25) is 0 Å². The standard InChI is InChI=1S/C18H12I2S2/c19-13-1-5-15(6-2-13)21-17-9-11-18(12-10-17)22-16-7-3-14(20)4-8-16/h1-12H. The highest BCUT2D eigenvalue weighted by Gasteiger charge is 2.00. The van der Waals surface area contributed by atoms with Gasteiger partial charge in [0.1, 0.15) is 0 Å². The molecular formula is C18H12I2S2. The summed E-state index contributed by atoms with van der Waals surface area (Å²) in [5.74, 6) is 0. The van der Waals surface area contributed by atoms with Gasteiger partial charge in [-0.25, -0.2) is 0 Å². The number of hydrogen-bond acceptors (Lipinski definition) is 2. The number of hydrogen-bond donors (Lipinski definition) is 0. The van der Waals surface area contributed by atoms with E-state index in [0.717, 1.165) is 0 Å². The first-order valence-corrected chi connectivity index (χ1v) is 10.4. The minimum absolute atomic E-state index is 1.27. The number of rotatable bonds is 4. The summed E-state index contributed by atoms with van der Waals surface area (Å²) in [6, 6.07) is 26.0. The second-order valence-corrected chi connectivity index (χ2v) is 9.37. The fourth-order valence-corrected chi connectivity index (χ4v) is 4.21. The molecule has 3 aromatic carbocycles. The zero-order chi connectivity index (χ0) is 15.4. The Labute approximate surface area is 166 Å². The van der Waals surface area contributed by atoms with Gasteiger partial charge in [0.15, 0.2) is 0 Å². The van der Waals surface area contributed by atoms with Crippen molar-refractivity contribution in [2.24, 2.45) is 0 Å². The number of halogens is 2. The van der Waals surface area contributed by atoms with Gasteiger partial charge >= 0.3 is 0 Å². The van der Waals surface area contributed by atoms with E-state index in [4.69, 9.17) is 0 Å². The lowest BCUT2D eigenvalue weighted by Crippen LogP contribution is -1.77. The van der Waals surface area contributed by atoms with Crippen LogP contribution in [0.15, 0.2) is 92.4 Å². The first-order chi connectivity index (χ1) is 10.7. The van der Waals surface area contributed by atoms with Crippen molar-refractivity contribution in [2.45, 2.75) is 19.6 Å². The Balaban J connectivity index is 1.67. The lowest BCUT2D eigenvalue weighted by atomic mass is 10.4. The van der Waals surface area contributed by atoms with Gasteiger partial charge in [0, 0.05) is 26.7 Å². The van der Waals surface area contributed by atoms with Crippen molar-refractivity contribution in [3.63, 3.8) is 0 Å². The maximum absolute atomic E-state index is 2.33. The lowest BCUT2D eigenvalue weighted by Gasteiger charge is -2.05. The summed E-state index contributed by atoms with van der Waals surface area (Å²) in [7, 11) is 0. The smallest absolute Gasteiger partial charge is 0.0131 e. The predicted octanol–water partition coefficient (Wildman–Crippen LogP) is 7.20. The molecule has 0 aliphatic carbocycles. The molecule has 0 bridgehead atoms. The van der Waals surface area contributed by atoms with Crippen LogP contribution in [0.3, 0.4) is 0 Å². The fraction of sp³-hybridized carbons (Fsp3) is 0. The van der Waals surface area contributed by atoms with Crippen LogP contribution in [0, 0.1) is 7.14 Å². The second-order valence-electron chi connectivity index (χ2n) is 4.58. The second kappa shape index (κ2) is 8.08. The average molecular weight is 546 g/mol. The van der Waals surface area contributed by atoms with Crippen LogP contribution in [-0.4, -0.2) is 0 Å². The first-order valence-electron chi connectivity index (χ1n) is 6.66. The van der Waals surface area contributed by atoms with Gasteiger partial charge in [-0.2, -0.15) is 0 Å². The van der Waals surface area contributed by atoms with E-state index >= 15 is 0 Å². The lowest BCUT2D eigenvalue weighted by molar-refractivity contribution is 1.33. The van der Waals surface area contributed by atoms with E-state index in [1.807, 2.05) is 0 Å². The van der Waals surface area contributed by atoms with E-state index in [0.29, 0.717) is 0 Å². The van der Waals surface area contributed by atoms with E-state index in [2.05, 4.69) is 118 Å². The van der Waals surface area contributed by atoms with Crippen LogP contribution in [0.4, 0.5) is 0 Å². The quantitative estimate of drug-likeness (QED) is 0.318.